The molecule has 0 unspecified atom stereocenters. The zero-order valence-corrected chi connectivity index (χ0v) is 12.5. The molecule has 114 valence electrons. The number of anilines is 2. The van der Waals surface area contributed by atoms with Gasteiger partial charge in [0.1, 0.15) is 5.82 Å². The molecule has 0 bridgehead atoms. The third-order valence-corrected chi connectivity index (χ3v) is 4.73. The Kier molecular flexibility index (Phi) is 3.37. The first-order valence-corrected chi connectivity index (χ1v) is 8.18. The Labute approximate surface area is 126 Å². The number of nitrogen functional groups attached to an aromatic ring is 1. The van der Waals surface area contributed by atoms with Crippen molar-refractivity contribution >= 4 is 11.5 Å². The highest BCUT2D eigenvalue weighted by Crippen LogP contribution is 2.32. The summed E-state index contributed by atoms with van der Waals surface area (Å²) in [6.45, 7) is 5.16. The summed E-state index contributed by atoms with van der Waals surface area (Å²) in [5, 5.41) is 0. The van der Waals surface area contributed by atoms with Gasteiger partial charge in [-0.15, -0.1) is 0 Å². The molecular formula is C16H24N4O. The van der Waals surface area contributed by atoms with Crippen LogP contribution in [0.25, 0.3) is 0 Å². The van der Waals surface area contributed by atoms with Crippen molar-refractivity contribution in [2.45, 2.75) is 31.7 Å². The van der Waals surface area contributed by atoms with Crippen molar-refractivity contribution in [3.05, 3.63) is 12.1 Å². The van der Waals surface area contributed by atoms with Crippen molar-refractivity contribution in [3.8, 4) is 5.88 Å². The van der Waals surface area contributed by atoms with Crippen LogP contribution in [-0.4, -0.2) is 48.7 Å². The minimum Gasteiger partial charge on any atom is -0.476 e. The van der Waals surface area contributed by atoms with E-state index < -0.39 is 0 Å². The van der Waals surface area contributed by atoms with Crippen LogP contribution in [0.1, 0.15) is 25.7 Å². The minimum atomic E-state index is 0.615. The molecule has 5 nitrogen and oxygen atoms in total. The summed E-state index contributed by atoms with van der Waals surface area (Å²) in [7, 11) is 0. The fourth-order valence-electron chi connectivity index (χ4n) is 2.97. The molecule has 0 radical (unpaired) electrons. The van der Waals surface area contributed by atoms with Crippen molar-refractivity contribution in [1.82, 2.24) is 9.88 Å². The summed E-state index contributed by atoms with van der Waals surface area (Å²) in [5.41, 5.74) is 6.63. The summed E-state index contributed by atoms with van der Waals surface area (Å²) in [6, 6.07) is 4.81. The van der Waals surface area contributed by atoms with Crippen molar-refractivity contribution in [2.24, 2.45) is 5.92 Å². The van der Waals surface area contributed by atoms with Gasteiger partial charge in [-0.3, -0.25) is 4.90 Å². The lowest BCUT2D eigenvalue weighted by molar-refractivity contribution is 0.247. The third kappa shape index (κ3) is 3.07. The first-order valence-electron chi connectivity index (χ1n) is 8.18. The van der Waals surface area contributed by atoms with E-state index in [1.165, 1.54) is 25.7 Å². The molecule has 2 N–H and O–H groups in total. The molecule has 1 aliphatic heterocycles. The van der Waals surface area contributed by atoms with Gasteiger partial charge in [0.25, 0.3) is 0 Å². The first-order chi connectivity index (χ1) is 10.3. The van der Waals surface area contributed by atoms with E-state index in [9.17, 15) is 0 Å². The Bertz CT molecular complexity index is 505. The van der Waals surface area contributed by atoms with Gasteiger partial charge < -0.3 is 15.4 Å². The van der Waals surface area contributed by atoms with Crippen LogP contribution in [0.4, 0.5) is 11.5 Å². The van der Waals surface area contributed by atoms with E-state index >= 15 is 0 Å². The predicted molar refractivity (Wildman–Crippen MR) is 83.7 cm³/mol. The van der Waals surface area contributed by atoms with Gasteiger partial charge in [0.05, 0.1) is 12.3 Å². The van der Waals surface area contributed by atoms with Gasteiger partial charge in [-0.2, -0.15) is 4.98 Å². The van der Waals surface area contributed by atoms with Crippen LogP contribution in [0, 0.1) is 5.92 Å². The van der Waals surface area contributed by atoms with E-state index in [1.54, 1.807) is 0 Å². The molecule has 3 fully saturated rings. The van der Waals surface area contributed by atoms with Gasteiger partial charge in [-0.1, -0.05) is 0 Å². The van der Waals surface area contributed by atoms with Gasteiger partial charge in [0.15, 0.2) is 0 Å². The maximum Gasteiger partial charge on any atom is 0.239 e. The Hall–Kier alpha value is -1.49. The molecule has 1 aromatic heterocycles. The van der Waals surface area contributed by atoms with Crippen LogP contribution < -0.4 is 15.4 Å². The lowest BCUT2D eigenvalue weighted by Crippen LogP contribution is -2.47. The highest BCUT2D eigenvalue weighted by molar-refractivity contribution is 5.54. The summed E-state index contributed by atoms with van der Waals surface area (Å²) >= 11 is 0. The average molecular weight is 288 g/mol. The first kappa shape index (κ1) is 13.2. The zero-order valence-electron chi connectivity index (χ0n) is 12.5. The number of ether oxygens (including phenoxy) is 1. The second-order valence-electron chi connectivity index (χ2n) is 6.57. The van der Waals surface area contributed by atoms with Crippen LogP contribution in [0.2, 0.25) is 0 Å². The fraction of sp³-hybridized carbons (Fsp3) is 0.688. The molecular weight excluding hydrogens is 264 g/mol. The lowest BCUT2D eigenvalue weighted by Gasteiger charge is -2.35. The maximum atomic E-state index is 5.98. The summed E-state index contributed by atoms with van der Waals surface area (Å²) < 4.78 is 5.79. The number of nitrogens with zero attached hydrogens (tertiary/aromatic N) is 3. The molecule has 1 saturated heterocycles. The van der Waals surface area contributed by atoms with Gasteiger partial charge in [-0.05, 0) is 43.7 Å². The minimum absolute atomic E-state index is 0.615. The molecule has 21 heavy (non-hydrogen) atoms. The summed E-state index contributed by atoms with van der Waals surface area (Å²) in [4.78, 5) is 9.60. The van der Waals surface area contributed by atoms with Crippen molar-refractivity contribution < 1.29 is 4.74 Å². The highest BCUT2D eigenvalue weighted by Gasteiger charge is 2.31. The molecule has 5 heteroatoms. The van der Waals surface area contributed by atoms with Gasteiger partial charge in [0.2, 0.25) is 5.88 Å². The number of aromatic nitrogens is 1. The molecule has 0 spiro atoms. The molecule has 4 rings (SSSR count). The second kappa shape index (κ2) is 5.37. The molecule has 0 atom stereocenters. The van der Waals surface area contributed by atoms with E-state index in [0.717, 1.165) is 50.6 Å². The van der Waals surface area contributed by atoms with Crippen molar-refractivity contribution in [1.29, 1.82) is 0 Å². The van der Waals surface area contributed by atoms with Gasteiger partial charge in [-0.25, -0.2) is 0 Å². The number of pyridine rings is 1. The van der Waals surface area contributed by atoms with Crippen LogP contribution in [0.5, 0.6) is 5.88 Å². The number of hydrogen-bond donors (Lipinski definition) is 1. The van der Waals surface area contributed by atoms with Crippen molar-refractivity contribution in [3.63, 3.8) is 0 Å². The smallest absolute Gasteiger partial charge is 0.239 e. The predicted octanol–water partition coefficient (Wildman–Crippen LogP) is 1.74. The Morgan fingerprint density at radius 1 is 1.10 bits per heavy atom. The van der Waals surface area contributed by atoms with Gasteiger partial charge in [0, 0.05) is 32.2 Å². The van der Waals surface area contributed by atoms with E-state index in [1.807, 2.05) is 12.1 Å². The average Bonchev–Trinajstić information content (AvgIpc) is 3.40. The molecule has 1 aromatic rings. The van der Waals surface area contributed by atoms with E-state index in [-0.39, 0.29) is 0 Å². The van der Waals surface area contributed by atoms with E-state index in [0.29, 0.717) is 11.6 Å². The zero-order chi connectivity index (χ0) is 14.2. The highest BCUT2D eigenvalue weighted by atomic mass is 16.5. The number of hydrogen-bond acceptors (Lipinski definition) is 5. The molecule has 3 aliphatic rings. The molecule has 0 aromatic carbocycles. The third-order valence-electron chi connectivity index (χ3n) is 4.73. The molecule has 2 aliphatic carbocycles. The number of rotatable bonds is 5. The summed E-state index contributed by atoms with van der Waals surface area (Å²) in [6.07, 6.45) is 5.34. The van der Waals surface area contributed by atoms with Crippen LogP contribution >= 0.6 is 0 Å². The fourth-order valence-corrected chi connectivity index (χ4v) is 2.97. The van der Waals surface area contributed by atoms with Crippen LogP contribution in [0.3, 0.4) is 0 Å². The SMILES string of the molecule is Nc1ccc(N2CCN(C3CC3)CC2)nc1OCC1CC1. The van der Waals surface area contributed by atoms with Crippen LogP contribution in [-0.2, 0) is 0 Å². The van der Waals surface area contributed by atoms with Crippen LogP contribution in [0.15, 0.2) is 12.1 Å². The quantitative estimate of drug-likeness (QED) is 0.894. The molecule has 0 amide bonds. The second-order valence-corrected chi connectivity index (χ2v) is 6.57. The van der Waals surface area contributed by atoms with Crippen molar-refractivity contribution in [2.75, 3.05) is 43.4 Å². The Morgan fingerprint density at radius 3 is 2.52 bits per heavy atom. The number of piperazine rings is 1. The van der Waals surface area contributed by atoms with Gasteiger partial charge >= 0.3 is 0 Å². The van der Waals surface area contributed by atoms with E-state index in [2.05, 4.69) is 14.8 Å². The lowest BCUT2D eigenvalue weighted by atomic mass is 10.3. The maximum absolute atomic E-state index is 5.98. The Morgan fingerprint density at radius 2 is 1.86 bits per heavy atom. The standard InChI is InChI=1S/C16H24N4O/c17-14-5-6-15(18-16(14)21-11-12-1-2-12)20-9-7-19(8-10-20)13-3-4-13/h5-6,12-13H,1-4,7-11,17H2. The Balaban J connectivity index is 1.40. The molecule has 2 heterocycles. The number of nitrogens with two attached hydrogens (primary N) is 1. The van der Waals surface area contributed by atoms with E-state index in [4.69, 9.17) is 10.5 Å². The normalized spacial score (nSPS) is 23.3. The molecule has 2 saturated carbocycles. The monoisotopic (exact) mass is 288 g/mol. The largest absolute Gasteiger partial charge is 0.476 e. The summed E-state index contributed by atoms with van der Waals surface area (Å²) in [5.74, 6) is 2.34. The topological polar surface area (TPSA) is 54.6 Å².